The van der Waals surface area contributed by atoms with Crippen LogP contribution in [0.5, 0.6) is 11.5 Å². The van der Waals surface area contributed by atoms with E-state index < -0.39 is 0 Å². The van der Waals surface area contributed by atoms with Gasteiger partial charge in [-0.3, -0.25) is 9.48 Å². The fourth-order valence-corrected chi connectivity index (χ4v) is 3.29. The maximum atomic E-state index is 12.3. The molecular formula is C20H18N6O3. The Kier molecular flexibility index (Phi) is 4.12. The summed E-state index contributed by atoms with van der Waals surface area (Å²) in [5, 5.41) is 16.3. The van der Waals surface area contributed by atoms with E-state index in [9.17, 15) is 4.79 Å². The fraction of sp³-hybridized carbons (Fsp3) is 0.200. The molecule has 0 atom stereocenters. The van der Waals surface area contributed by atoms with E-state index in [1.807, 2.05) is 43.3 Å². The Labute approximate surface area is 165 Å². The Hall–Kier alpha value is -3.88. The summed E-state index contributed by atoms with van der Waals surface area (Å²) < 4.78 is 12.5. The van der Waals surface area contributed by atoms with Crippen molar-refractivity contribution in [2.24, 2.45) is 0 Å². The van der Waals surface area contributed by atoms with Crippen molar-refractivity contribution in [2.75, 3.05) is 12.1 Å². The number of aromatic nitrogens is 5. The normalized spacial score (nSPS) is 12.4. The van der Waals surface area contributed by atoms with Gasteiger partial charge in [0.2, 0.25) is 12.7 Å². The van der Waals surface area contributed by atoms with Gasteiger partial charge in [-0.2, -0.15) is 15.0 Å². The maximum Gasteiger partial charge on any atom is 0.247 e. The Morgan fingerprint density at radius 1 is 1.07 bits per heavy atom. The minimum atomic E-state index is -0.210. The lowest BCUT2D eigenvalue weighted by Crippen LogP contribution is -2.19. The number of fused-ring (bicyclic) bond motifs is 2. The van der Waals surface area contributed by atoms with Gasteiger partial charge in [-0.15, -0.1) is 5.10 Å². The predicted octanol–water partition coefficient (Wildman–Crippen LogP) is 2.68. The Morgan fingerprint density at radius 3 is 2.76 bits per heavy atom. The van der Waals surface area contributed by atoms with E-state index in [-0.39, 0.29) is 19.2 Å². The molecular weight excluding hydrogens is 372 g/mol. The lowest BCUT2D eigenvalue weighted by molar-refractivity contribution is -0.116. The first kappa shape index (κ1) is 17.2. The van der Waals surface area contributed by atoms with Crippen molar-refractivity contribution >= 4 is 22.6 Å². The zero-order valence-corrected chi connectivity index (χ0v) is 15.7. The van der Waals surface area contributed by atoms with Crippen LogP contribution in [0.2, 0.25) is 0 Å². The van der Waals surface area contributed by atoms with Crippen LogP contribution in [0.25, 0.3) is 22.0 Å². The van der Waals surface area contributed by atoms with E-state index in [0.717, 1.165) is 33.5 Å². The number of ether oxygens (including phenoxy) is 2. The molecule has 0 unspecified atom stereocenters. The number of nitrogens with zero attached hydrogens (tertiary/aromatic N) is 5. The zero-order chi connectivity index (χ0) is 19.8. The van der Waals surface area contributed by atoms with Crippen LogP contribution in [0.3, 0.4) is 0 Å². The van der Waals surface area contributed by atoms with Crippen molar-refractivity contribution < 1.29 is 14.3 Å². The predicted molar refractivity (Wildman–Crippen MR) is 106 cm³/mol. The standard InChI is InChI=1S/C20H18N6O3/c1-2-26-22-10-19(24-26)23-20(27)11-25-16-5-3-13(7-15(16)9-21-25)14-4-6-17-18(8-14)29-12-28-17/h3-10H,2,11-12H2,1H3,(H,23,24,27). The number of carbonyl (C=O) groups excluding carboxylic acids is 1. The molecule has 0 fully saturated rings. The van der Waals surface area contributed by atoms with Gasteiger partial charge >= 0.3 is 0 Å². The van der Waals surface area contributed by atoms with E-state index in [1.165, 1.54) is 11.0 Å². The Bertz CT molecular complexity index is 1210. The first-order valence-electron chi connectivity index (χ1n) is 9.25. The van der Waals surface area contributed by atoms with Crippen LogP contribution in [0.4, 0.5) is 5.82 Å². The lowest BCUT2D eigenvalue weighted by Gasteiger charge is -2.06. The van der Waals surface area contributed by atoms with Crippen LogP contribution in [0.1, 0.15) is 6.92 Å². The summed E-state index contributed by atoms with van der Waals surface area (Å²) in [7, 11) is 0. The van der Waals surface area contributed by atoms with Gasteiger partial charge in [0.15, 0.2) is 17.3 Å². The van der Waals surface area contributed by atoms with Gasteiger partial charge < -0.3 is 14.8 Å². The molecule has 3 heterocycles. The summed E-state index contributed by atoms with van der Waals surface area (Å²) >= 11 is 0. The molecule has 1 aliphatic heterocycles. The van der Waals surface area contributed by atoms with Crippen LogP contribution >= 0.6 is 0 Å². The summed E-state index contributed by atoms with van der Waals surface area (Å²) in [6, 6.07) is 11.9. The van der Waals surface area contributed by atoms with E-state index in [2.05, 4.69) is 20.6 Å². The monoisotopic (exact) mass is 390 g/mol. The minimum absolute atomic E-state index is 0.0891. The lowest BCUT2D eigenvalue weighted by atomic mass is 10.0. The topological polar surface area (TPSA) is 96.1 Å². The molecule has 9 heteroatoms. The third kappa shape index (κ3) is 3.27. The largest absolute Gasteiger partial charge is 0.454 e. The highest BCUT2D eigenvalue weighted by Crippen LogP contribution is 2.36. The number of anilines is 1. The minimum Gasteiger partial charge on any atom is -0.454 e. The average Bonchev–Trinajstić information content (AvgIpc) is 3.47. The number of aryl methyl sites for hydroxylation is 1. The number of hydrogen-bond donors (Lipinski definition) is 1. The van der Waals surface area contributed by atoms with Gasteiger partial charge in [0.1, 0.15) is 6.54 Å². The molecule has 1 N–H and O–H groups in total. The summed E-state index contributed by atoms with van der Waals surface area (Å²) in [6.45, 7) is 2.91. The molecule has 5 rings (SSSR count). The summed E-state index contributed by atoms with van der Waals surface area (Å²) in [6.07, 6.45) is 3.28. The summed E-state index contributed by atoms with van der Waals surface area (Å²) in [4.78, 5) is 13.9. The number of carbonyl (C=O) groups is 1. The smallest absolute Gasteiger partial charge is 0.247 e. The molecule has 1 aliphatic rings. The van der Waals surface area contributed by atoms with Crippen LogP contribution in [0.15, 0.2) is 48.8 Å². The highest BCUT2D eigenvalue weighted by Gasteiger charge is 2.15. The van der Waals surface area contributed by atoms with E-state index >= 15 is 0 Å². The molecule has 0 saturated heterocycles. The second-order valence-electron chi connectivity index (χ2n) is 6.61. The molecule has 0 saturated carbocycles. The first-order valence-corrected chi connectivity index (χ1v) is 9.25. The maximum absolute atomic E-state index is 12.3. The van der Waals surface area contributed by atoms with Crippen molar-refractivity contribution in [1.29, 1.82) is 0 Å². The second kappa shape index (κ2) is 6.93. The van der Waals surface area contributed by atoms with E-state index in [0.29, 0.717) is 12.4 Å². The van der Waals surface area contributed by atoms with Crippen molar-refractivity contribution in [3.8, 4) is 22.6 Å². The number of hydrogen-bond acceptors (Lipinski definition) is 6. The van der Waals surface area contributed by atoms with Gasteiger partial charge in [0.05, 0.1) is 24.5 Å². The van der Waals surface area contributed by atoms with Crippen LogP contribution < -0.4 is 14.8 Å². The molecule has 29 heavy (non-hydrogen) atoms. The second-order valence-corrected chi connectivity index (χ2v) is 6.61. The molecule has 4 aromatic rings. The van der Waals surface area contributed by atoms with Gasteiger partial charge in [-0.25, -0.2) is 0 Å². The number of benzene rings is 2. The quantitative estimate of drug-likeness (QED) is 0.563. The van der Waals surface area contributed by atoms with Gasteiger partial charge in [0.25, 0.3) is 0 Å². The highest BCUT2D eigenvalue weighted by molar-refractivity contribution is 5.91. The molecule has 2 aromatic heterocycles. The molecule has 0 aliphatic carbocycles. The van der Waals surface area contributed by atoms with E-state index in [1.54, 1.807) is 10.9 Å². The third-order valence-electron chi connectivity index (χ3n) is 4.73. The Morgan fingerprint density at radius 2 is 1.90 bits per heavy atom. The number of nitrogens with one attached hydrogen (secondary N) is 1. The van der Waals surface area contributed by atoms with Gasteiger partial charge in [-0.05, 0) is 42.3 Å². The molecule has 0 spiro atoms. The summed E-state index contributed by atoms with van der Waals surface area (Å²) in [5.74, 6) is 1.72. The Balaban J connectivity index is 1.35. The number of amides is 1. The molecule has 0 radical (unpaired) electrons. The van der Waals surface area contributed by atoms with Crippen molar-refractivity contribution in [2.45, 2.75) is 20.0 Å². The SMILES string of the molecule is CCn1ncc(NC(=O)Cn2ncc3cc(-c4ccc5c(c4)OCO5)ccc32)n1. The number of rotatable bonds is 5. The molecule has 2 aromatic carbocycles. The van der Waals surface area contributed by atoms with Crippen molar-refractivity contribution in [1.82, 2.24) is 24.8 Å². The molecule has 0 bridgehead atoms. The van der Waals surface area contributed by atoms with Gasteiger partial charge in [-0.1, -0.05) is 12.1 Å². The first-order chi connectivity index (χ1) is 14.2. The van der Waals surface area contributed by atoms with Gasteiger partial charge in [0, 0.05) is 5.39 Å². The molecule has 146 valence electrons. The van der Waals surface area contributed by atoms with Crippen LogP contribution in [-0.4, -0.2) is 37.5 Å². The van der Waals surface area contributed by atoms with Crippen molar-refractivity contribution in [3.63, 3.8) is 0 Å². The highest BCUT2D eigenvalue weighted by atomic mass is 16.7. The third-order valence-corrected chi connectivity index (χ3v) is 4.73. The summed E-state index contributed by atoms with van der Waals surface area (Å²) in [5.41, 5.74) is 2.94. The zero-order valence-electron chi connectivity index (χ0n) is 15.7. The fourth-order valence-electron chi connectivity index (χ4n) is 3.29. The van der Waals surface area contributed by atoms with Crippen LogP contribution in [-0.2, 0) is 17.9 Å². The van der Waals surface area contributed by atoms with E-state index in [4.69, 9.17) is 9.47 Å². The van der Waals surface area contributed by atoms with Crippen LogP contribution in [0, 0.1) is 0 Å². The molecule has 9 nitrogen and oxygen atoms in total. The molecule has 1 amide bonds. The van der Waals surface area contributed by atoms with Crippen molar-refractivity contribution in [3.05, 3.63) is 48.8 Å². The average molecular weight is 390 g/mol.